The highest BCUT2D eigenvalue weighted by Gasteiger charge is 2.35. The second-order valence-corrected chi connectivity index (χ2v) is 9.37. The van der Waals surface area contributed by atoms with E-state index >= 15 is 0 Å². The maximum atomic E-state index is 12.3. The van der Waals surface area contributed by atoms with Crippen molar-refractivity contribution < 1.29 is 9.53 Å². The van der Waals surface area contributed by atoms with Gasteiger partial charge >= 0.3 is 6.09 Å². The van der Waals surface area contributed by atoms with Crippen molar-refractivity contribution in [2.45, 2.75) is 91.3 Å². The minimum Gasteiger partial charge on any atom is -0.444 e. The number of rotatable bonds is 3. The van der Waals surface area contributed by atoms with Crippen LogP contribution in [0.3, 0.4) is 0 Å². The second-order valence-electron chi connectivity index (χ2n) is 9.37. The fourth-order valence-corrected chi connectivity index (χ4v) is 4.15. The summed E-state index contributed by atoms with van der Waals surface area (Å²) in [7, 11) is 0. The van der Waals surface area contributed by atoms with Gasteiger partial charge in [0.1, 0.15) is 5.60 Å². The number of hydrogen-bond acceptors (Lipinski definition) is 3. The van der Waals surface area contributed by atoms with E-state index in [1.165, 1.54) is 19.3 Å². The Morgan fingerprint density at radius 3 is 2.61 bits per heavy atom. The van der Waals surface area contributed by atoms with Crippen LogP contribution in [-0.4, -0.2) is 41.8 Å². The zero-order chi connectivity index (χ0) is 17.3. The molecule has 0 bridgehead atoms. The van der Waals surface area contributed by atoms with Gasteiger partial charge in [0, 0.05) is 25.2 Å². The Morgan fingerprint density at radius 2 is 2.00 bits per heavy atom. The van der Waals surface area contributed by atoms with Gasteiger partial charge in [0.05, 0.1) is 0 Å². The lowest BCUT2D eigenvalue weighted by atomic mass is 9.70. The monoisotopic (exact) mass is 324 g/mol. The van der Waals surface area contributed by atoms with Crippen molar-refractivity contribution in [3.63, 3.8) is 0 Å². The average molecular weight is 325 g/mol. The summed E-state index contributed by atoms with van der Waals surface area (Å²) in [6, 6.07) is 0.871. The molecule has 2 fully saturated rings. The lowest BCUT2D eigenvalue weighted by molar-refractivity contribution is 0.0220. The van der Waals surface area contributed by atoms with Crippen LogP contribution in [0.15, 0.2) is 0 Å². The molecule has 1 amide bonds. The van der Waals surface area contributed by atoms with Crippen molar-refractivity contribution >= 4 is 6.09 Å². The lowest BCUT2D eigenvalue weighted by Crippen LogP contribution is -2.49. The van der Waals surface area contributed by atoms with Crippen LogP contribution in [0.5, 0.6) is 0 Å². The molecule has 1 saturated heterocycles. The van der Waals surface area contributed by atoms with E-state index in [2.05, 4.69) is 26.1 Å². The van der Waals surface area contributed by atoms with Crippen molar-refractivity contribution in [3.05, 3.63) is 0 Å². The van der Waals surface area contributed by atoms with Crippen LogP contribution in [0.2, 0.25) is 0 Å². The summed E-state index contributed by atoms with van der Waals surface area (Å²) in [4.78, 5) is 14.3. The van der Waals surface area contributed by atoms with Crippen LogP contribution in [-0.2, 0) is 4.74 Å². The molecule has 2 rings (SSSR count). The second kappa shape index (κ2) is 7.00. The molecule has 4 nitrogen and oxygen atoms in total. The fourth-order valence-electron chi connectivity index (χ4n) is 4.15. The first kappa shape index (κ1) is 18.6. The summed E-state index contributed by atoms with van der Waals surface area (Å²) < 4.78 is 5.55. The van der Waals surface area contributed by atoms with Gasteiger partial charge in [0.15, 0.2) is 0 Å². The van der Waals surface area contributed by atoms with Crippen molar-refractivity contribution in [3.8, 4) is 0 Å². The van der Waals surface area contributed by atoms with E-state index in [4.69, 9.17) is 4.74 Å². The zero-order valence-corrected chi connectivity index (χ0v) is 15.9. The summed E-state index contributed by atoms with van der Waals surface area (Å²) in [5.41, 5.74) is 0.0641. The summed E-state index contributed by atoms with van der Waals surface area (Å²) in [6.45, 7) is 14.6. The van der Waals surface area contributed by atoms with Crippen LogP contribution in [0.25, 0.3) is 0 Å². The molecule has 2 aliphatic rings. The minimum absolute atomic E-state index is 0.153. The van der Waals surface area contributed by atoms with Gasteiger partial charge in [-0.1, -0.05) is 20.8 Å². The SMILES string of the molecule is CC1CC(C)(C)CCC1NCC1CCCN1C(=O)OC(C)(C)C. The first-order valence-electron chi connectivity index (χ1n) is 9.30. The Kier molecular flexibility index (Phi) is 5.65. The van der Waals surface area contributed by atoms with Crippen LogP contribution in [0, 0.1) is 11.3 Å². The highest BCUT2D eigenvalue weighted by molar-refractivity contribution is 5.69. The smallest absolute Gasteiger partial charge is 0.410 e. The van der Waals surface area contributed by atoms with Crippen molar-refractivity contribution in [1.29, 1.82) is 0 Å². The Bertz CT molecular complexity index is 414. The number of likely N-dealkylation sites (tertiary alicyclic amines) is 1. The summed E-state index contributed by atoms with van der Waals surface area (Å²) in [5.74, 6) is 0.704. The molecule has 23 heavy (non-hydrogen) atoms. The van der Waals surface area contributed by atoms with Crippen LogP contribution in [0.1, 0.15) is 73.6 Å². The molecule has 1 N–H and O–H groups in total. The number of amides is 1. The molecule has 134 valence electrons. The average Bonchev–Trinajstić information content (AvgIpc) is 2.83. The molecule has 1 heterocycles. The number of carbonyl (C=O) groups excluding carboxylic acids is 1. The van der Waals surface area contributed by atoms with E-state index in [-0.39, 0.29) is 12.1 Å². The van der Waals surface area contributed by atoms with Crippen LogP contribution < -0.4 is 5.32 Å². The van der Waals surface area contributed by atoms with Crippen molar-refractivity contribution in [1.82, 2.24) is 10.2 Å². The maximum absolute atomic E-state index is 12.3. The highest BCUT2D eigenvalue weighted by Crippen LogP contribution is 2.38. The van der Waals surface area contributed by atoms with Gasteiger partial charge in [-0.25, -0.2) is 4.79 Å². The molecule has 0 aromatic rings. The Morgan fingerprint density at radius 1 is 1.30 bits per heavy atom. The Labute approximate surface area is 142 Å². The van der Waals surface area contributed by atoms with E-state index < -0.39 is 5.60 Å². The standard InChI is InChI=1S/C19H36N2O2/c1-14-12-19(5,6)10-9-16(14)20-13-15-8-7-11-21(15)17(22)23-18(2,3)4/h14-16,20H,7-13H2,1-6H3. The quantitative estimate of drug-likeness (QED) is 0.846. The third kappa shape index (κ3) is 5.37. The van der Waals surface area contributed by atoms with Gasteiger partial charge in [-0.3, -0.25) is 0 Å². The first-order valence-corrected chi connectivity index (χ1v) is 9.30. The van der Waals surface area contributed by atoms with Crippen LogP contribution in [0.4, 0.5) is 4.79 Å². The maximum Gasteiger partial charge on any atom is 0.410 e. The number of carbonyl (C=O) groups is 1. The van der Waals surface area contributed by atoms with Gasteiger partial charge in [-0.2, -0.15) is 0 Å². The Hall–Kier alpha value is -0.770. The summed E-state index contributed by atoms with van der Waals surface area (Å²) in [5, 5.41) is 3.75. The lowest BCUT2D eigenvalue weighted by Gasteiger charge is -2.40. The molecule has 1 aliphatic carbocycles. The van der Waals surface area contributed by atoms with Gasteiger partial charge in [-0.05, 0) is 64.2 Å². The molecule has 0 radical (unpaired) electrons. The van der Waals surface area contributed by atoms with E-state index in [1.54, 1.807) is 0 Å². The molecule has 3 unspecified atom stereocenters. The molecular formula is C19H36N2O2. The van der Waals surface area contributed by atoms with Crippen LogP contribution >= 0.6 is 0 Å². The Balaban J connectivity index is 1.84. The van der Waals surface area contributed by atoms with E-state index in [1.807, 2.05) is 25.7 Å². The zero-order valence-electron chi connectivity index (χ0n) is 15.9. The molecular weight excluding hydrogens is 288 g/mol. The van der Waals surface area contributed by atoms with E-state index in [0.717, 1.165) is 25.9 Å². The molecule has 0 aromatic carbocycles. The number of nitrogens with zero attached hydrogens (tertiary/aromatic N) is 1. The van der Waals surface area contributed by atoms with Crippen molar-refractivity contribution in [2.75, 3.05) is 13.1 Å². The summed E-state index contributed by atoms with van der Waals surface area (Å²) >= 11 is 0. The van der Waals surface area contributed by atoms with Gasteiger partial charge in [0.25, 0.3) is 0 Å². The molecule has 3 atom stereocenters. The normalized spacial score (nSPS) is 31.2. The van der Waals surface area contributed by atoms with Gasteiger partial charge in [0.2, 0.25) is 0 Å². The third-order valence-corrected chi connectivity index (χ3v) is 5.31. The van der Waals surface area contributed by atoms with E-state index in [9.17, 15) is 4.79 Å². The number of hydrogen-bond donors (Lipinski definition) is 1. The number of nitrogens with one attached hydrogen (secondary N) is 1. The minimum atomic E-state index is -0.416. The first-order chi connectivity index (χ1) is 10.6. The fraction of sp³-hybridized carbons (Fsp3) is 0.947. The number of ether oxygens (including phenoxy) is 1. The molecule has 0 aromatic heterocycles. The predicted octanol–water partition coefficient (Wildman–Crippen LogP) is 4.19. The van der Waals surface area contributed by atoms with Gasteiger partial charge < -0.3 is 15.0 Å². The third-order valence-electron chi connectivity index (χ3n) is 5.31. The van der Waals surface area contributed by atoms with E-state index in [0.29, 0.717) is 17.4 Å². The highest BCUT2D eigenvalue weighted by atomic mass is 16.6. The molecule has 4 heteroatoms. The molecule has 0 spiro atoms. The van der Waals surface area contributed by atoms with Gasteiger partial charge in [-0.15, -0.1) is 0 Å². The topological polar surface area (TPSA) is 41.6 Å². The molecule has 1 saturated carbocycles. The summed E-state index contributed by atoms with van der Waals surface area (Å²) in [6.07, 6.45) is 5.82. The van der Waals surface area contributed by atoms with Crippen molar-refractivity contribution in [2.24, 2.45) is 11.3 Å². The largest absolute Gasteiger partial charge is 0.444 e. The molecule has 1 aliphatic heterocycles. The predicted molar refractivity (Wildman–Crippen MR) is 94.5 cm³/mol.